The number of fused-ring (bicyclic) bond motifs is 4. The largest absolute Gasteiger partial charge is 0.497 e. The number of benzene rings is 4. The van der Waals surface area contributed by atoms with Crippen molar-refractivity contribution in [1.82, 2.24) is 0 Å². The molecule has 0 saturated carbocycles. The van der Waals surface area contributed by atoms with E-state index in [0.29, 0.717) is 16.9 Å². The molecule has 0 saturated heterocycles. The highest BCUT2D eigenvalue weighted by Crippen LogP contribution is 2.47. The summed E-state index contributed by atoms with van der Waals surface area (Å²) < 4.78 is 5.27. The topological polar surface area (TPSA) is 69.4 Å². The average Bonchev–Trinajstić information content (AvgIpc) is 3.04. The first-order valence-corrected chi connectivity index (χ1v) is 9.12. The Hall–Kier alpha value is -3.99. The summed E-state index contributed by atoms with van der Waals surface area (Å²) >= 11 is 0. The van der Waals surface area contributed by atoms with Crippen LogP contribution in [0.5, 0.6) is 5.75 Å². The Morgan fingerprint density at radius 1 is 0.828 bits per heavy atom. The lowest BCUT2D eigenvalue weighted by atomic mass is 9.89. The summed E-state index contributed by atoms with van der Waals surface area (Å²) in [4.78, 5) is 24.1. The van der Waals surface area contributed by atoms with Gasteiger partial charge < -0.3 is 4.74 Å². The quantitative estimate of drug-likeness (QED) is 0.300. The number of carbonyl (C=O) groups is 1. The summed E-state index contributed by atoms with van der Waals surface area (Å²) in [6, 6.07) is 21.6. The van der Waals surface area contributed by atoms with Crippen LogP contribution in [0.4, 0.5) is 5.69 Å². The van der Waals surface area contributed by atoms with Crippen LogP contribution in [-0.4, -0.2) is 17.8 Å². The molecule has 0 aliphatic heterocycles. The number of hydrogen-bond donors (Lipinski definition) is 0. The van der Waals surface area contributed by atoms with Gasteiger partial charge in [0.15, 0.2) is 5.78 Å². The number of methoxy groups -OCH3 is 1. The SMILES string of the molecule is COc1ccc(-c2c3c(cc4ccc([N+](=O)[O-])cc24)C(=O)c2ccccc2-3)cc1. The second kappa shape index (κ2) is 6.27. The number of nitrogens with zero attached hydrogens (tertiary/aromatic N) is 1. The summed E-state index contributed by atoms with van der Waals surface area (Å²) in [5, 5.41) is 12.9. The van der Waals surface area contributed by atoms with E-state index < -0.39 is 4.92 Å². The Morgan fingerprint density at radius 3 is 2.24 bits per heavy atom. The highest BCUT2D eigenvalue weighted by Gasteiger charge is 2.30. The van der Waals surface area contributed by atoms with Crippen molar-refractivity contribution in [2.24, 2.45) is 0 Å². The van der Waals surface area contributed by atoms with Crippen molar-refractivity contribution in [1.29, 1.82) is 0 Å². The Balaban J connectivity index is 1.93. The van der Waals surface area contributed by atoms with Crippen LogP contribution in [0, 0.1) is 10.1 Å². The smallest absolute Gasteiger partial charge is 0.270 e. The van der Waals surface area contributed by atoms with Crippen molar-refractivity contribution in [2.75, 3.05) is 7.11 Å². The van der Waals surface area contributed by atoms with Crippen LogP contribution in [-0.2, 0) is 0 Å². The second-order valence-electron chi connectivity index (χ2n) is 6.94. The predicted molar refractivity (Wildman–Crippen MR) is 111 cm³/mol. The number of non-ortho nitro benzene ring substituents is 1. The van der Waals surface area contributed by atoms with Gasteiger partial charge in [-0.1, -0.05) is 36.4 Å². The summed E-state index contributed by atoms with van der Waals surface area (Å²) in [7, 11) is 1.60. The summed E-state index contributed by atoms with van der Waals surface area (Å²) in [6.07, 6.45) is 0. The van der Waals surface area contributed by atoms with E-state index in [1.807, 2.05) is 54.6 Å². The molecule has 0 heterocycles. The van der Waals surface area contributed by atoms with E-state index in [2.05, 4.69) is 0 Å². The molecule has 0 fully saturated rings. The third-order valence-corrected chi connectivity index (χ3v) is 5.40. The lowest BCUT2D eigenvalue weighted by molar-refractivity contribution is -0.384. The van der Waals surface area contributed by atoms with Gasteiger partial charge in [0.05, 0.1) is 12.0 Å². The molecular formula is C24H15NO4. The number of carbonyl (C=O) groups excluding carboxylic acids is 1. The van der Waals surface area contributed by atoms with Gasteiger partial charge in [-0.05, 0) is 51.7 Å². The minimum Gasteiger partial charge on any atom is -0.497 e. The zero-order valence-corrected chi connectivity index (χ0v) is 15.5. The predicted octanol–water partition coefficient (Wildman–Crippen LogP) is 5.64. The highest BCUT2D eigenvalue weighted by atomic mass is 16.6. The molecule has 0 amide bonds. The van der Waals surface area contributed by atoms with Crippen LogP contribution in [0.3, 0.4) is 0 Å². The first-order chi connectivity index (χ1) is 14.1. The molecule has 5 nitrogen and oxygen atoms in total. The van der Waals surface area contributed by atoms with Gasteiger partial charge in [-0.25, -0.2) is 0 Å². The first kappa shape index (κ1) is 17.1. The molecular weight excluding hydrogens is 366 g/mol. The molecule has 0 N–H and O–H groups in total. The lowest BCUT2D eigenvalue weighted by Gasteiger charge is -2.14. The Labute approximate surface area is 166 Å². The maximum absolute atomic E-state index is 13.1. The molecule has 1 aliphatic rings. The van der Waals surface area contributed by atoms with Crippen LogP contribution >= 0.6 is 0 Å². The zero-order valence-electron chi connectivity index (χ0n) is 15.5. The molecule has 4 aromatic carbocycles. The molecule has 0 radical (unpaired) electrons. The standard InChI is InChI=1S/C24H15NO4/c1-29-17-10-7-14(8-11-17)22-20-13-16(25(27)28)9-6-15(20)12-21-23(22)18-4-2-3-5-19(18)24(21)26/h2-13H,1H3. The van der Waals surface area contributed by atoms with Gasteiger partial charge in [-0.15, -0.1) is 0 Å². The monoisotopic (exact) mass is 381 g/mol. The molecule has 0 atom stereocenters. The van der Waals surface area contributed by atoms with Crippen LogP contribution < -0.4 is 4.74 Å². The fourth-order valence-electron chi connectivity index (χ4n) is 4.06. The van der Waals surface area contributed by atoms with Crippen molar-refractivity contribution in [3.05, 3.63) is 94.0 Å². The zero-order chi connectivity index (χ0) is 20.1. The number of rotatable bonds is 3. The molecule has 0 aromatic heterocycles. The average molecular weight is 381 g/mol. The van der Waals surface area contributed by atoms with E-state index in [-0.39, 0.29) is 11.5 Å². The van der Waals surface area contributed by atoms with Gasteiger partial charge in [0.2, 0.25) is 0 Å². The van der Waals surface area contributed by atoms with Gasteiger partial charge in [0.1, 0.15) is 5.75 Å². The molecule has 5 rings (SSSR count). The van der Waals surface area contributed by atoms with Gasteiger partial charge in [0.25, 0.3) is 5.69 Å². The number of ketones is 1. The van der Waals surface area contributed by atoms with E-state index in [1.54, 1.807) is 19.2 Å². The summed E-state index contributed by atoms with van der Waals surface area (Å²) in [5.41, 5.74) is 4.67. The third kappa shape index (κ3) is 2.51. The number of hydrogen-bond acceptors (Lipinski definition) is 4. The molecule has 0 bridgehead atoms. The molecule has 29 heavy (non-hydrogen) atoms. The molecule has 0 spiro atoms. The van der Waals surface area contributed by atoms with Crippen molar-refractivity contribution in [2.45, 2.75) is 0 Å². The normalized spacial score (nSPS) is 12.0. The first-order valence-electron chi connectivity index (χ1n) is 9.12. The van der Waals surface area contributed by atoms with Crippen LogP contribution in [0.15, 0.2) is 72.8 Å². The molecule has 0 unspecified atom stereocenters. The fraction of sp³-hybridized carbons (Fsp3) is 0.0417. The number of nitro groups is 1. The molecule has 4 aromatic rings. The van der Waals surface area contributed by atoms with E-state index in [4.69, 9.17) is 4.74 Å². The number of ether oxygens (including phenoxy) is 1. The summed E-state index contributed by atoms with van der Waals surface area (Å²) in [5.74, 6) is 0.693. The molecule has 1 aliphatic carbocycles. The van der Waals surface area contributed by atoms with Crippen LogP contribution in [0.25, 0.3) is 33.0 Å². The Morgan fingerprint density at radius 2 is 1.55 bits per heavy atom. The van der Waals surface area contributed by atoms with Gasteiger partial charge >= 0.3 is 0 Å². The third-order valence-electron chi connectivity index (χ3n) is 5.40. The van der Waals surface area contributed by atoms with Crippen molar-refractivity contribution < 1.29 is 14.5 Å². The Bertz CT molecular complexity index is 1320. The maximum atomic E-state index is 13.1. The van der Waals surface area contributed by atoms with Crippen LogP contribution in [0.1, 0.15) is 15.9 Å². The minimum absolute atomic E-state index is 0.0184. The maximum Gasteiger partial charge on any atom is 0.270 e. The minimum atomic E-state index is -0.399. The molecule has 140 valence electrons. The fourth-order valence-corrected chi connectivity index (χ4v) is 4.06. The van der Waals surface area contributed by atoms with Gasteiger partial charge in [0, 0.05) is 28.8 Å². The van der Waals surface area contributed by atoms with Crippen LogP contribution in [0.2, 0.25) is 0 Å². The van der Waals surface area contributed by atoms with E-state index in [1.165, 1.54) is 6.07 Å². The summed E-state index contributed by atoms with van der Waals surface area (Å²) in [6.45, 7) is 0. The van der Waals surface area contributed by atoms with Crippen molar-refractivity contribution in [3.8, 4) is 28.0 Å². The van der Waals surface area contributed by atoms with E-state index >= 15 is 0 Å². The second-order valence-corrected chi connectivity index (χ2v) is 6.94. The lowest BCUT2D eigenvalue weighted by Crippen LogP contribution is -1.96. The van der Waals surface area contributed by atoms with Crippen molar-refractivity contribution in [3.63, 3.8) is 0 Å². The number of nitro benzene ring substituents is 1. The van der Waals surface area contributed by atoms with Gasteiger partial charge in [-0.3, -0.25) is 14.9 Å². The van der Waals surface area contributed by atoms with Crippen molar-refractivity contribution >= 4 is 22.2 Å². The highest BCUT2D eigenvalue weighted by molar-refractivity contribution is 6.27. The van der Waals surface area contributed by atoms with E-state index in [9.17, 15) is 14.9 Å². The van der Waals surface area contributed by atoms with E-state index in [0.717, 1.165) is 33.0 Å². The Kier molecular flexibility index (Phi) is 3.71. The molecule has 5 heteroatoms. The van der Waals surface area contributed by atoms with Gasteiger partial charge in [-0.2, -0.15) is 0 Å².